The monoisotopic (exact) mass is 240 g/mol. The molecule has 4 atom stereocenters. The van der Waals surface area contributed by atoms with Gasteiger partial charge in [-0.25, -0.2) is 0 Å². The Morgan fingerprint density at radius 1 is 1.35 bits per heavy atom. The zero-order chi connectivity index (χ0) is 12.3. The molecule has 0 aromatic carbocycles. The Morgan fingerprint density at radius 2 is 2.12 bits per heavy atom. The van der Waals surface area contributed by atoms with Crippen LogP contribution in [0.3, 0.4) is 0 Å². The quantitative estimate of drug-likeness (QED) is 0.817. The minimum atomic E-state index is 0.320. The van der Waals surface area contributed by atoms with Crippen LogP contribution in [0.1, 0.15) is 46.0 Å². The smallest absolute Gasteiger partial charge is 0.0730 e. The van der Waals surface area contributed by atoms with Crippen molar-refractivity contribution in [1.82, 2.24) is 4.90 Å². The highest BCUT2D eigenvalue weighted by atomic mass is 16.5. The molecule has 2 fully saturated rings. The van der Waals surface area contributed by atoms with Crippen LogP contribution in [-0.4, -0.2) is 42.8 Å². The van der Waals surface area contributed by atoms with Gasteiger partial charge in [-0.3, -0.25) is 4.90 Å². The number of hydrogen-bond acceptors (Lipinski definition) is 3. The van der Waals surface area contributed by atoms with Crippen molar-refractivity contribution in [2.75, 3.05) is 19.7 Å². The second-order valence-electron chi connectivity index (χ2n) is 5.81. The standard InChI is InChI=1S/C14H28N2O/c1-3-11(2)12(15)10-16-8-9-17-14-7-5-4-6-13(14)16/h11-14H,3-10,15H2,1-2H3. The summed E-state index contributed by atoms with van der Waals surface area (Å²) in [6, 6.07) is 0.966. The van der Waals surface area contributed by atoms with E-state index in [1.807, 2.05) is 0 Å². The van der Waals surface area contributed by atoms with E-state index in [2.05, 4.69) is 18.7 Å². The summed E-state index contributed by atoms with van der Waals surface area (Å²) in [6.07, 6.45) is 6.92. The van der Waals surface area contributed by atoms with E-state index in [-0.39, 0.29) is 0 Å². The lowest BCUT2D eigenvalue weighted by Gasteiger charge is -2.45. The molecule has 0 radical (unpaired) electrons. The molecule has 17 heavy (non-hydrogen) atoms. The number of fused-ring (bicyclic) bond motifs is 1. The highest BCUT2D eigenvalue weighted by Gasteiger charge is 2.34. The van der Waals surface area contributed by atoms with Crippen LogP contribution in [0.15, 0.2) is 0 Å². The van der Waals surface area contributed by atoms with Gasteiger partial charge in [-0.1, -0.05) is 33.1 Å². The predicted molar refractivity (Wildman–Crippen MR) is 71.0 cm³/mol. The Kier molecular flexibility index (Phi) is 4.83. The minimum absolute atomic E-state index is 0.320. The predicted octanol–water partition coefficient (Wildman–Crippen LogP) is 2.00. The van der Waals surface area contributed by atoms with Gasteiger partial charge in [0.25, 0.3) is 0 Å². The van der Waals surface area contributed by atoms with Crippen molar-refractivity contribution in [3.8, 4) is 0 Å². The molecule has 4 unspecified atom stereocenters. The van der Waals surface area contributed by atoms with Crippen molar-refractivity contribution in [3.05, 3.63) is 0 Å². The summed E-state index contributed by atoms with van der Waals surface area (Å²) in [5.74, 6) is 0.625. The van der Waals surface area contributed by atoms with Gasteiger partial charge in [0.2, 0.25) is 0 Å². The lowest BCUT2D eigenvalue weighted by atomic mass is 9.89. The van der Waals surface area contributed by atoms with Crippen molar-refractivity contribution in [3.63, 3.8) is 0 Å². The first-order valence-electron chi connectivity index (χ1n) is 7.33. The Labute approximate surface area is 106 Å². The summed E-state index contributed by atoms with van der Waals surface area (Å²) >= 11 is 0. The van der Waals surface area contributed by atoms with E-state index in [4.69, 9.17) is 10.5 Å². The molecule has 1 heterocycles. The molecule has 2 aliphatic rings. The SMILES string of the molecule is CCC(C)C(N)CN1CCOC2CCCCC21. The van der Waals surface area contributed by atoms with Crippen LogP contribution in [0.2, 0.25) is 0 Å². The fourth-order valence-electron chi connectivity index (χ4n) is 3.16. The van der Waals surface area contributed by atoms with E-state index in [1.54, 1.807) is 0 Å². The van der Waals surface area contributed by atoms with E-state index in [9.17, 15) is 0 Å². The van der Waals surface area contributed by atoms with Crippen molar-refractivity contribution < 1.29 is 4.74 Å². The van der Waals surface area contributed by atoms with Gasteiger partial charge in [0, 0.05) is 25.2 Å². The molecule has 0 spiro atoms. The van der Waals surface area contributed by atoms with Gasteiger partial charge in [0.05, 0.1) is 12.7 Å². The molecule has 1 aliphatic heterocycles. The van der Waals surface area contributed by atoms with Crippen LogP contribution in [0.25, 0.3) is 0 Å². The van der Waals surface area contributed by atoms with Crippen molar-refractivity contribution in [2.24, 2.45) is 11.7 Å². The van der Waals surface area contributed by atoms with Crippen LogP contribution in [0.5, 0.6) is 0 Å². The molecule has 0 bridgehead atoms. The van der Waals surface area contributed by atoms with Gasteiger partial charge in [-0.05, 0) is 18.8 Å². The molecular formula is C14H28N2O. The molecule has 3 heteroatoms. The maximum absolute atomic E-state index is 6.30. The molecule has 2 N–H and O–H groups in total. The maximum Gasteiger partial charge on any atom is 0.0730 e. The average Bonchev–Trinajstić information content (AvgIpc) is 2.38. The van der Waals surface area contributed by atoms with E-state index in [1.165, 1.54) is 32.1 Å². The van der Waals surface area contributed by atoms with Crippen molar-refractivity contribution in [2.45, 2.75) is 64.1 Å². The van der Waals surface area contributed by atoms with Crippen LogP contribution < -0.4 is 5.73 Å². The van der Waals surface area contributed by atoms with Gasteiger partial charge in [-0.2, -0.15) is 0 Å². The number of rotatable bonds is 4. The number of nitrogens with two attached hydrogens (primary N) is 1. The molecule has 2 rings (SSSR count). The van der Waals surface area contributed by atoms with E-state index in [0.717, 1.165) is 19.7 Å². The fraction of sp³-hybridized carbons (Fsp3) is 1.00. The summed E-state index contributed by atoms with van der Waals surface area (Å²) in [6.45, 7) is 7.52. The van der Waals surface area contributed by atoms with Gasteiger partial charge in [0.1, 0.15) is 0 Å². The molecule has 100 valence electrons. The molecule has 0 aromatic heterocycles. The third-order valence-corrected chi connectivity index (χ3v) is 4.67. The van der Waals surface area contributed by atoms with Gasteiger partial charge < -0.3 is 10.5 Å². The zero-order valence-electron chi connectivity index (χ0n) is 11.4. The largest absolute Gasteiger partial charge is 0.375 e. The minimum Gasteiger partial charge on any atom is -0.375 e. The highest BCUT2D eigenvalue weighted by Crippen LogP contribution is 2.28. The zero-order valence-corrected chi connectivity index (χ0v) is 11.4. The normalized spacial score (nSPS) is 34.1. The Hall–Kier alpha value is -0.120. The fourth-order valence-corrected chi connectivity index (χ4v) is 3.16. The van der Waals surface area contributed by atoms with Gasteiger partial charge in [0.15, 0.2) is 0 Å². The molecule has 1 aliphatic carbocycles. The van der Waals surface area contributed by atoms with Crippen LogP contribution in [0.4, 0.5) is 0 Å². The first-order chi connectivity index (χ1) is 8.22. The van der Waals surface area contributed by atoms with Crippen LogP contribution >= 0.6 is 0 Å². The lowest BCUT2D eigenvalue weighted by molar-refractivity contribution is -0.0904. The summed E-state index contributed by atoms with van der Waals surface area (Å²) < 4.78 is 5.90. The lowest BCUT2D eigenvalue weighted by Crippen LogP contribution is -2.56. The molecule has 1 saturated carbocycles. The highest BCUT2D eigenvalue weighted by molar-refractivity contribution is 4.89. The number of hydrogen-bond donors (Lipinski definition) is 1. The molecule has 0 amide bonds. The number of morpholine rings is 1. The summed E-state index contributed by atoms with van der Waals surface area (Å²) in [4.78, 5) is 2.60. The molecule has 3 nitrogen and oxygen atoms in total. The number of nitrogens with zero attached hydrogens (tertiary/aromatic N) is 1. The average molecular weight is 240 g/mol. The topological polar surface area (TPSA) is 38.5 Å². The first kappa shape index (κ1) is 13.3. The third-order valence-electron chi connectivity index (χ3n) is 4.67. The molecule has 0 aromatic rings. The molecule has 1 saturated heterocycles. The molecular weight excluding hydrogens is 212 g/mol. The number of ether oxygens (including phenoxy) is 1. The van der Waals surface area contributed by atoms with E-state index < -0.39 is 0 Å². The summed E-state index contributed by atoms with van der Waals surface area (Å²) in [7, 11) is 0. The third kappa shape index (κ3) is 3.21. The van der Waals surface area contributed by atoms with E-state index >= 15 is 0 Å². The second-order valence-corrected chi connectivity index (χ2v) is 5.81. The second kappa shape index (κ2) is 6.17. The van der Waals surface area contributed by atoms with E-state index in [0.29, 0.717) is 24.1 Å². The Morgan fingerprint density at radius 3 is 2.88 bits per heavy atom. The first-order valence-corrected chi connectivity index (χ1v) is 7.33. The van der Waals surface area contributed by atoms with Gasteiger partial charge in [-0.15, -0.1) is 0 Å². The Bertz CT molecular complexity index is 232. The van der Waals surface area contributed by atoms with Crippen molar-refractivity contribution >= 4 is 0 Å². The summed E-state index contributed by atoms with van der Waals surface area (Å²) in [5.41, 5.74) is 6.30. The van der Waals surface area contributed by atoms with Crippen LogP contribution in [0, 0.1) is 5.92 Å². The van der Waals surface area contributed by atoms with Crippen LogP contribution in [-0.2, 0) is 4.74 Å². The maximum atomic E-state index is 6.30. The Balaban J connectivity index is 1.90. The van der Waals surface area contributed by atoms with Gasteiger partial charge >= 0.3 is 0 Å². The van der Waals surface area contributed by atoms with Crippen molar-refractivity contribution in [1.29, 1.82) is 0 Å². The summed E-state index contributed by atoms with van der Waals surface area (Å²) in [5, 5.41) is 0.